The zero-order valence-electron chi connectivity index (χ0n) is 19.6. The minimum atomic E-state index is -0.158. The SMILES string of the molecule is Cc1cc(SCC(=O)Nc2ccccc2)c2c(=O)cc(Nc3ccccc3)n(-c3ccccc3)c2n1. The standard InChI is InChI=1S/C29H24N4O2S/c1-20-17-25(36-19-27(35)32-22-13-7-3-8-14-22)28-24(34)18-26(31-21-11-5-2-6-12-21)33(29(28)30-20)23-15-9-4-10-16-23/h2-18,31H,19H2,1H3,(H,32,35). The van der Waals surface area contributed by atoms with Gasteiger partial charge < -0.3 is 10.6 Å². The van der Waals surface area contributed by atoms with Crippen molar-refractivity contribution in [3.05, 3.63) is 119 Å². The van der Waals surface area contributed by atoms with Crippen LogP contribution < -0.4 is 16.1 Å². The third-order valence-electron chi connectivity index (χ3n) is 5.54. The van der Waals surface area contributed by atoms with Gasteiger partial charge in [-0.2, -0.15) is 0 Å². The van der Waals surface area contributed by atoms with E-state index in [1.54, 1.807) is 6.07 Å². The molecule has 0 unspecified atom stereocenters. The number of aromatic nitrogens is 2. The van der Waals surface area contributed by atoms with Gasteiger partial charge in [-0.05, 0) is 49.4 Å². The molecule has 0 aliphatic carbocycles. The maximum atomic E-state index is 13.4. The van der Waals surface area contributed by atoms with Crippen molar-refractivity contribution in [1.29, 1.82) is 0 Å². The predicted octanol–water partition coefficient (Wildman–Crippen LogP) is 6.17. The Hall–Kier alpha value is -4.36. The minimum Gasteiger partial charge on any atom is -0.341 e. The fraction of sp³-hybridized carbons (Fsp3) is 0.0690. The van der Waals surface area contributed by atoms with Crippen LogP contribution in [-0.4, -0.2) is 21.2 Å². The molecule has 0 aliphatic heterocycles. The highest BCUT2D eigenvalue weighted by Gasteiger charge is 2.17. The third-order valence-corrected chi connectivity index (χ3v) is 6.58. The second-order valence-corrected chi connectivity index (χ2v) is 9.24. The van der Waals surface area contributed by atoms with Gasteiger partial charge >= 0.3 is 0 Å². The Labute approximate surface area is 213 Å². The van der Waals surface area contributed by atoms with Gasteiger partial charge in [-0.1, -0.05) is 54.6 Å². The van der Waals surface area contributed by atoms with E-state index >= 15 is 0 Å². The van der Waals surface area contributed by atoms with E-state index < -0.39 is 0 Å². The average Bonchev–Trinajstić information content (AvgIpc) is 2.89. The number of benzene rings is 3. The molecule has 5 aromatic rings. The van der Waals surface area contributed by atoms with Crippen LogP contribution in [0, 0.1) is 6.92 Å². The molecular formula is C29H24N4O2S. The van der Waals surface area contributed by atoms with Crippen LogP contribution in [0.2, 0.25) is 0 Å². The summed E-state index contributed by atoms with van der Waals surface area (Å²) in [6, 6.07) is 32.3. The number of fused-ring (bicyclic) bond motifs is 1. The Morgan fingerprint density at radius 2 is 1.47 bits per heavy atom. The molecule has 1 amide bonds. The fourth-order valence-electron chi connectivity index (χ4n) is 3.97. The van der Waals surface area contributed by atoms with E-state index in [9.17, 15) is 9.59 Å². The number of nitrogens with zero attached hydrogens (tertiary/aromatic N) is 2. The van der Waals surface area contributed by atoms with E-state index in [0.717, 1.165) is 27.7 Å². The molecule has 178 valence electrons. The maximum absolute atomic E-state index is 13.4. The number of pyridine rings is 2. The first-order valence-electron chi connectivity index (χ1n) is 11.5. The Balaban J connectivity index is 1.58. The number of hydrogen-bond donors (Lipinski definition) is 2. The lowest BCUT2D eigenvalue weighted by Crippen LogP contribution is -2.16. The van der Waals surface area contributed by atoms with Crippen molar-refractivity contribution in [3.63, 3.8) is 0 Å². The van der Waals surface area contributed by atoms with Crippen molar-refractivity contribution in [2.24, 2.45) is 0 Å². The molecular weight excluding hydrogens is 468 g/mol. The molecule has 0 bridgehead atoms. The van der Waals surface area contributed by atoms with Crippen molar-refractivity contribution in [3.8, 4) is 5.69 Å². The van der Waals surface area contributed by atoms with Gasteiger partial charge in [0.05, 0.1) is 11.1 Å². The summed E-state index contributed by atoms with van der Waals surface area (Å²) in [6.07, 6.45) is 0. The van der Waals surface area contributed by atoms with Gasteiger partial charge in [0.15, 0.2) is 11.1 Å². The number of para-hydroxylation sites is 3. The van der Waals surface area contributed by atoms with Crippen molar-refractivity contribution in [2.45, 2.75) is 11.8 Å². The molecule has 0 saturated carbocycles. The quantitative estimate of drug-likeness (QED) is 0.266. The van der Waals surface area contributed by atoms with Gasteiger partial charge in [-0.15, -0.1) is 11.8 Å². The summed E-state index contributed by atoms with van der Waals surface area (Å²) in [5.41, 5.74) is 3.61. The third kappa shape index (κ3) is 5.16. The summed E-state index contributed by atoms with van der Waals surface area (Å²) in [7, 11) is 0. The Kier molecular flexibility index (Phi) is 6.82. The van der Waals surface area contributed by atoms with Crippen LogP contribution in [0.4, 0.5) is 17.2 Å². The summed E-state index contributed by atoms with van der Waals surface area (Å²) >= 11 is 1.33. The molecule has 0 spiro atoms. The van der Waals surface area contributed by atoms with Crippen LogP contribution in [0.3, 0.4) is 0 Å². The van der Waals surface area contributed by atoms with Gasteiger partial charge in [0, 0.05) is 33.7 Å². The average molecular weight is 493 g/mol. The predicted molar refractivity (Wildman–Crippen MR) is 148 cm³/mol. The number of hydrogen-bond acceptors (Lipinski definition) is 5. The summed E-state index contributed by atoms with van der Waals surface area (Å²) < 4.78 is 1.95. The number of rotatable bonds is 7. The van der Waals surface area contributed by atoms with Crippen LogP contribution in [-0.2, 0) is 4.79 Å². The van der Waals surface area contributed by atoms with Crippen molar-refractivity contribution in [1.82, 2.24) is 9.55 Å². The number of nitrogens with one attached hydrogen (secondary N) is 2. The summed E-state index contributed by atoms with van der Waals surface area (Å²) in [6.45, 7) is 1.89. The number of carbonyl (C=O) groups excluding carboxylic acids is 1. The van der Waals surface area contributed by atoms with E-state index in [1.165, 1.54) is 11.8 Å². The van der Waals surface area contributed by atoms with Crippen molar-refractivity contribution in [2.75, 3.05) is 16.4 Å². The maximum Gasteiger partial charge on any atom is 0.234 e. The molecule has 0 saturated heterocycles. The van der Waals surface area contributed by atoms with Gasteiger partial charge in [-0.25, -0.2) is 4.98 Å². The Morgan fingerprint density at radius 1 is 0.861 bits per heavy atom. The first-order valence-corrected chi connectivity index (χ1v) is 12.5. The Bertz CT molecular complexity index is 1570. The normalized spacial score (nSPS) is 10.8. The lowest BCUT2D eigenvalue weighted by Gasteiger charge is -2.19. The molecule has 0 radical (unpaired) electrons. The topological polar surface area (TPSA) is 76.0 Å². The minimum absolute atomic E-state index is 0.139. The van der Waals surface area contributed by atoms with Crippen LogP contribution >= 0.6 is 11.8 Å². The van der Waals surface area contributed by atoms with E-state index in [-0.39, 0.29) is 17.1 Å². The molecule has 3 aromatic carbocycles. The molecule has 2 heterocycles. The molecule has 0 atom stereocenters. The van der Waals surface area contributed by atoms with E-state index in [4.69, 9.17) is 4.98 Å². The molecule has 2 aromatic heterocycles. The molecule has 2 N–H and O–H groups in total. The van der Waals surface area contributed by atoms with Crippen molar-refractivity contribution >= 4 is 45.9 Å². The zero-order chi connectivity index (χ0) is 24.9. The second kappa shape index (κ2) is 10.5. The summed E-state index contributed by atoms with van der Waals surface area (Å²) in [5.74, 6) is 0.641. The van der Waals surface area contributed by atoms with E-state index in [0.29, 0.717) is 16.9 Å². The molecule has 6 nitrogen and oxygen atoms in total. The number of anilines is 3. The first kappa shape index (κ1) is 23.4. The van der Waals surface area contributed by atoms with Crippen LogP contribution in [0.25, 0.3) is 16.7 Å². The second-order valence-electron chi connectivity index (χ2n) is 8.22. The Morgan fingerprint density at radius 3 is 2.14 bits per heavy atom. The van der Waals surface area contributed by atoms with Crippen LogP contribution in [0.15, 0.2) is 113 Å². The van der Waals surface area contributed by atoms with Crippen molar-refractivity contribution < 1.29 is 4.79 Å². The van der Waals surface area contributed by atoms with Gasteiger partial charge in [-0.3, -0.25) is 14.2 Å². The van der Waals surface area contributed by atoms with Crippen LogP contribution in [0.5, 0.6) is 0 Å². The first-order chi connectivity index (χ1) is 17.6. The van der Waals surface area contributed by atoms with Gasteiger partial charge in [0.1, 0.15) is 5.82 Å². The largest absolute Gasteiger partial charge is 0.341 e. The smallest absolute Gasteiger partial charge is 0.234 e. The molecule has 7 heteroatoms. The fourth-order valence-corrected chi connectivity index (χ4v) is 4.92. The van der Waals surface area contributed by atoms with Gasteiger partial charge in [0.25, 0.3) is 0 Å². The van der Waals surface area contributed by atoms with E-state index in [1.807, 2.05) is 109 Å². The highest BCUT2D eigenvalue weighted by atomic mass is 32.2. The van der Waals surface area contributed by atoms with Crippen LogP contribution in [0.1, 0.15) is 5.69 Å². The molecule has 0 fully saturated rings. The van der Waals surface area contributed by atoms with Gasteiger partial charge in [0.2, 0.25) is 5.91 Å². The highest BCUT2D eigenvalue weighted by Crippen LogP contribution is 2.30. The number of amides is 1. The lowest BCUT2D eigenvalue weighted by molar-refractivity contribution is -0.113. The molecule has 5 rings (SSSR count). The zero-order valence-corrected chi connectivity index (χ0v) is 20.5. The molecule has 36 heavy (non-hydrogen) atoms. The lowest BCUT2D eigenvalue weighted by atomic mass is 10.2. The number of aryl methyl sites for hydroxylation is 1. The van der Waals surface area contributed by atoms with E-state index in [2.05, 4.69) is 10.6 Å². The summed E-state index contributed by atoms with van der Waals surface area (Å²) in [4.78, 5) is 31.5. The summed E-state index contributed by atoms with van der Waals surface area (Å²) in [5, 5.41) is 6.75. The number of thioether (sulfide) groups is 1. The number of carbonyl (C=O) groups is 1. The monoisotopic (exact) mass is 492 g/mol. The highest BCUT2D eigenvalue weighted by molar-refractivity contribution is 8.00. The molecule has 0 aliphatic rings.